The topological polar surface area (TPSA) is 88.1 Å². The van der Waals surface area contributed by atoms with Crippen LogP contribution in [0.5, 0.6) is 0 Å². The lowest BCUT2D eigenvalue weighted by Crippen LogP contribution is -2.57. The normalized spacial score (nSPS) is 24.5. The zero-order valence-electron chi connectivity index (χ0n) is 15.7. The minimum atomic E-state index is -0.746. The molecule has 3 N–H and O–H groups in total. The summed E-state index contributed by atoms with van der Waals surface area (Å²) in [6.07, 6.45) is 4.43. The number of aliphatic carboxylic acids is 1. The van der Waals surface area contributed by atoms with E-state index >= 15 is 0 Å². The van der Waals surface area contributed by atoms with Gasteiger partial charge in [0.05, 0.1) is 6.42 Å². The first kappa shape index (κ1) is 19.4. The molecule has 0 spiro atoms. The lowest BCUT2D eigenvalue weighted by molar-refractivity contribution is -0.137. The quantitative estimate of drug-likeness (QED) is 0.634. The molecule has 0 aliphatic carbocycles. The van der Waals surface area contributed by atoms with Crippen molar-refractivity contribution in [1.82, 2.24) is 25.3 Å². The van der Waals surface area contributed by atoms with Crippen molar-refractivity contribution in [3.05, 3.63) is 0 Å². The predicted molar refractivity (Wildman–Crippen MR) is 99.3 cm³/mol. The van der Waals surface area contributed by atoms with E-state index in [-0.39, 0.29) is 18.5 Å². The Balaban J connectivity index is 1.34. The Morgan fingerprint density at radius 1 is 0.962 bits per heavy atom. The first-order valence-electron chi connectivity index (χ1n) is 10.1. The minimum absolute atomic E-state index is 0.0685. The van der Waals surface area contributed by atoms with E-state index < -0.39 is 5.97 Å². The lowest BCUT2D eigenvalue weighted by Gasteiger charge is -2.41. The number of urea groups is 1. The molecule has 3 aliphatic heterocycles. The zero-order chi connectivity index (χ0) is 18.4. The number of carbonyl (C=O) groups is 2. The Morgan fingerprint density at radius 2 is 1.62 bits per heavy atom. The van der Waals surface area contributed by atoms with Crippen molar-refractivity contribution in [2.75, 3.05) is 58.9 Å². The number of likely N-dealkylation sites (tertiary alicyclic amines) is 1. The standard InChI is InChI=1S/C18H33N5O3/c24-17(25)5-10-21-8-3-15(4-9-21)20-18(26)23-13-11-22(12-14-23)16-1-6-19-7-2-16/h15-16,19H,1-14H2,(H,20,26)(H,24,25). The predicted octanol–water partition coefficient (Wildman–Crippen LogP) is 0.00470. The largest absolute Gasteiger partial charge is 0.481 e. The van der Waals surface area contributed by atoms with Crippen molar-refractivity contribution in [3.63, 3.8) is 0 Å². The third kappa shape index (κ3) is 5.56. The van der Waals surface area contributed by atoms with Crippen LogP contribution in [-0.4, -0.2) is 103 Å². The van der Waals surface area contributed by atoms with Gasteiger partial charge in [0.25, 0.3) is 0 Å². The molecule has 0 bridgehead atoms. The molecule has 148 valence electrons. The van der Waals surface area contributed by atoms with E-state index in [1.54, 1.807) is 0 Å². The number of carboxylic acid groups (broad SMARTS) is 1. The summed E-state index contributed by atoms with van der Waals surface area (Å²) in [5.74, 6) is -0.746. The molecule has 0 radical (unpaired) electrons. The highest BCUT2D eigenvalue weighted by atomic mass is 16.4. The van der Waals surface area contributed by atoms with Gasteiger partial charge in [-0.1, -0.05) is 0 Å². The van der Waals surface area contributed by atoms with Gasteiger partial charge < -0.3 is 25.5 Å². The number of piperidine rings is 2. The van der Waals surface area contributed by atoms with Gasteiger partial charge in [-0.05, 0) is 38.8 Å². The van der Waals surface area contributed by atoms with Crippen molar-refractivity contribution in [1.29, 1.82) is 0 Å². The maximum atomic E-state index is 12.5. The molecule has 0 atom stereocenters. The summed E-state index contributed by atoms with van der Waals surface area (Å²) in [6, 6.07) is 0.960. The molecule has 0 saturated carbocycles. The van der Waals surface area contributed by atoms with E-state index in [1.165, 1.54) is 12.8 Å². The second kappa shape index (κ2) is 9.53. The molecular formula is C18H33N5O3. The molecule has 8 nitrogen and oxygen atoms in total. The molecule has 0 aromatic rings. The summed E-state index contributed by atoms with van der Waals surface area (Å²) in [6.45, 7) is 8.13. The van der Waals surface area contributed by atoms with Crippen LogP contribution in [0.3, 0.4) is 0 Å². The van der Waals surface area contributed by atoms with Crippen molar-refractivity contribution in [2.45, 2.75) is 44.2 Å². The molecule has 2 amide bonds. The van der Waals surface area contributed by atoms with Gasteiger partial charge in [0.1, 0.15) is 0 Å². The maximum absolute atomic E-state index is 12.5. The van der Waals surface area contributed by atoms with Gasteiger partial charge in [-0.15, -0.1) is 0 Å². The van der Waals surface area contributed by atoms with Gasteiger partial charge in [-0.3, -0.25) is 9.69 Å². The number of rotatable bonds is 5. The molecule has 3 fully saturated rings. The van der Waals surface area contributed by atoms with Crippen LogP contribution >= 0.6 is 0 Å². The molecule has 3 aliphatic rings. The maximum Gasteiger partial charge on any atom is 0.317 e. The third-order valence-corrected chi connectivity index (χ3v) is 5.98. The van der Waals surface area contributed by atoms with Gasteiger partial charge in [0.15, 0.2) is 0 Å². The number of nitrogens with zero attached hydrogens (tertiary/aromatic N) is 3. The summed E-state index contributed by atoms with van der Waals surface area (Å²) < 4.78 is 0. The Hall–Kier alpha value is -1.38. The smallest absolute Gasteiger partial charge is 0.317 e. The van der Waals surface area contributed by atoms with Gasteiger partial charge in [-0.25, -0.2) is 4.79 Å². The summed E-state index contributed by atoms with van der Waals surface area (Å²) >= 11 is 0. The molecule has 3 saturated heterocycles. The molecule has 0 unspecified atom stereocenters. The number of carboxylic acids is 1. The van der Waals surface area contributed by atoms with Crippen LogP contribution in [0.1, 0.15) is 32.1 Å². The van der Waals surface area contributed by atoms with Crippen molar-refractivity contribution >= 4 is 12.0 Å². The van der Waals surface area contributed by atoms with Crippen LogP contribution in [0.4, 0.5) is 4.79 Å². The molecule has 26 heavy (non-hydrogen) atoms. The molecule has 8 heteroatoms. The Labute approximate surface area is 155 Å². The highest BCUT2D eigenvalue weighted by Crippen LogP contribution is 2.15. The fraction of sp³-hybridized carbons (Fsp3) is 0.889. The third-order valence-electron chi connectivity index (χ3n) is 5.98. The van der Waals surface area contributed by atoms with E-state index in [1.807, 2.05) is 4.90 Å². The monoisotopic (exact) mass is 367 g/mol. The van der Waals surface area contributed by atoms with Gasteiger partial charge in [0.2, 0.25) is 0 Å². The zero-order valence-corrected chi connectivity index (χ0v) is 15.7. The van der Waals surface area contributed by atoms with Crippen LogP contribution in [0.2, 0.25) is 0 Å². The second-order valence-corrected chi connectivity index (χ2v) is 7.71. The first-order valence-corrected chi connectivity index (χ1v) is 10.1. The van der Waals surface area contributed by atoms with Crippen LogP contribution in [0.25, 0.3) is 0 Å². The number of nitrogens with one attached hydrogen (secondary N) is 2. The molecule has 0 aromatic heterocycles. The molecule has 3 heterocycles. The Bertz CT molecular complexity index is 467. The summed E-state index contributed by atoms with van der Waals surface area (Å²) in [5, 5.41) is 15.4. The first-order chi connectivity index (χ1) is 12.6. The summed E-state index contributed by atoms with van der Waals surface area (Å²) in [7, 11) is 0. The Kier molecular flexibility index (Phi) is 7.10. The number of amides is 2. The second-order valence-electron chi connectivity index (χ2n) is 7.71. The fourth-order valence-electron chi connectivity index (χ4n) is 4.28. The molecule has 3 rings (SSSR count). The van der Waals surface area contributed by atoms with Crippen LogP contribution in [-0.2, 0) is 4.79 Å². The van der Waals surface area contributed by atoms with E-state index in [0.717, 1.165) is 65.2 Å². The average Bonchev–Trinajstić information content (AvgIpc) is 2.68. The Morgan fingerprint density at radius 3 is 2.23 bits per heavy atom. The van der Waals surface area contributed by atoms with E-state index in [0.29, 0.717) is 12.6 Å². The molecular weight excluding hydrogens is 334 g/mol. The highest BCUT2D eigenvalue weighted by molar-refractivity contribution is 5.74. The molecule has 0 aromatic carbocycles. The SMILES string of the molecule is O=C(O)CCN1CCC(NC(=O)N2CCN(C3CCNCC3)CC2)CC1. The van der Waals surface area contributed by atoms with Crippen LogP contribution < -0.4 is 10.6 Å². The van der Waals surface area contributed by atoms with E-state index in [9.17, 15) is 9.59 Å². The van der Waals surface area contributed by atoms with Crippen molar-refractivity contribution < 1.29 is 14.7 Å². The minimum Gasteiger partial charge on any atom is -0.481 e. The van der Waals surface area contributed by atoms with E-state index in [4.69, 9.17) is 5.11 Å². The van der Waals surface area contributed by atoms with Crippen LogP contribution in [0, 0.1) is 0 Å². The average molecular weight is 367 g/mol. The van der Waals surface area contributed by atoms with Crippen molar-refractivity contribution in [2.24, 2.45) is 0 Å². The van der Waals surface area contributed by atoms with Gasteiger partial charge in [-0.2, -0.15) is 0 Å². The van der Waals surface area contributed by atoms with E-state index in [2.05, 4.69) is 20.4 Å². The number of hydrogen-bond donors (Lipinski definition) is 3. The van der Waals surface area contributed by atoms with Crippen molar-refractivity contribution in [3.8, 4) is 0 Å². The number of carbonyl (C=O) groups excluding carboxylic acids is 1. The van der Waals surface area contributed by atoms with Gasteiger partial charge >= 0.3 is 12.0 Å². The number of piperazine rings is 1. The summed E-state index contributed by atoms with van der Waals surface area (Å²) in [4.78, 5) is 29.9. The number of hydrogen-bond acceptors (Lipinski definition) is 5. The fourth-order valence-corrected chi connectivity index (χ4v) is 4.28. The summed E-state index contributed by atoms with van der Waals surface area (Å²) in [5.41, 5.74) is 0. The van der Waals surface area contributed by atoms with Gasteiger partial charge in [0, 0.05) is 57.9 Å². The lowest BCUT2D eigenvalue weighted by atomic mass is 10.0. The van der Waals surface area contributed by atoms with Crippen LogP contribution in [0.15, 0.2) is 0 Å². The highest BCUT2D eigenvalue weighted by Gasteiger charge is 2.28.